The molecule has 24 heavy (non-hydrogen) atoms. The molecule has 126 valence electrons. The number of carbonyl (C=O) groups excluding carboxylic acids is 2. The highest BCUT2D eigenvalue weighted by Crippen LogP contribution is 2.23. The molecule has 0 aliphatic rings. The Balaban J connectivity index is 1.97. The summed E-state index contributed by atoms with van der Waals surface area (Å²) >= 11 is 3.36. The summed E-state index contributed by atoms with van der Waals surface area (Å²) in [6, 6.07) is 12.3. The van der Waals surface area contributed by atoms with E-state index >= 15 is 0 Å². The quantitative estimate of drug-likeness (QED) is 0.771. The molecule has 0 aliphatic heterocycles. The van der Waals surface area contributed by atoms with E-state index in [9.17, 15) is 9.59 Å². The van der Waals surface area contributed by atoms with Crippen molar-refractivity contribution < 1.29 is 14.3 Å². The zero-order valence-corrected chi connectivity index (χ0v) is 15.3. The molecule has 2 amide bonds. The van der Waals surface area contributed by atoms with Crippen LogP contribution in [0, 0.1) is 6.92 Å². The summed E-state index contributed by atoms with van der Waals surface area (Å²) in [6.45, 7) is 5.81. The van der Waals surface area contributed by atoms with E-state index in [0.29, 0.717) is 17.1 Å². The van der Waals surface area contributed by atoms with Gasteiger partial charge >= 0.3 is 11.8 Å². The second kappa shape index (κ2) is 7.97. The molecule has 0 heterocycles. The minimum atomic E-state index is -0.736. The minimum Gasteiger partial charge on any atom is -0.491 e. The summed E-state index contributed by atoms with van der Waals surface area (Å²) in [4.78, 5) is 24.0. The van der Waals surface area contributed by atoms with E-state index in [1.54, 1.807) is 30.3 Å². The molecule has 0 aliphatic carbocycles. The number of benzene rings is 2. The number of hydrogen-bond donors (Lipinski definition) is 2. The number of aryl methyl sites for hydroxylation is 1. The molecular formula is C18H19BrN2O3. The van der Waals surface area contributed by atoms with E-state index in [-0.39, 0.29) is 6.10 Å². The molecule has 2 aromatic rings. The van der Waals surface area contributed by atoms with Gasteiger partial charge in [-0.1, -0.05) is 6.07 Å². The van der Waals surface area contributed by atoms with Crippen LogP contribution in [0.1, 0.15) is 19.4 Å². The molecule has 0 spiro atoms. The molecule has 0 unspecified atom stereocenters. The van der Waals surface area contributed by atoms with Gasteiger partial charge in [0, 0.05) is 10.2 Å². The third kappa shape index (κ3) is 5.09. The third-order valence-electron chi connectivity index (χ3n) is 3.06. The average Bonchev–Trinajstić information content (AvgIpc) is 2.51. The van der Waals surface area contributed by atoms with Gasteiger partial charge in [-0.15, -0.1) is 0 Å². The highest BCUT2D eigenvalue weighted by molar-refractivity contribution is 9.10. The third-order valence-corrected chi connectivity index (χ3v) is 3.72. The van der Waals surface area contributed by atoms with E-state index in [4.69, 9.17) is 4.74 Å². The van der Waals surface area contributed by atoms with Crippen molar-refractivity contribution in [3.05, 3.63) is 52.5 Å². The van der Waals surface area contributed by atoms with Crippen molar-refractivity contribution in [1.29, 1.82) is 0 Å². The second-order valence-electron chi connectivity index (χ2n) is 5.58. The first-order chi connectivity index (χ1) is 11.3. The van der Waals surface area contributed by atoms with Crippen molar-refractivity contribution in [2.75, 3.05) is 10.6 Å². The Bertz CT molecular complexity index is 742. The van der Waals surface area contributed by atoms with Crippen LogP contribution in [0.3, 0.4) is 0 Å². The van der Waals surface area contributed by atoms with Crippen LogP contribution in [-0.2, 0) is 9.59 Å². The zero-order valence-electron chi connectivity index (χ0n) is 13.7. The molecule has 0 saturated heterocycles. The SMILES string of the molecule is Cc1ccc(NC(=O)C(=O)Nc2ccc(OC(C)C)cc2)c(Br)c1. The Labute approximate surface area is 149 Å². The molecular weight excluding hydrogens is 372 g/mol. The van der Waals surface area contributed by atoms with Crippen LogP contribution in [0.5, 0.6) is 5.75 Å². The maximum atomic E-state index is 12.0. The first kappa shape index (κ1) is 18.0. The minimum absolute atomic E-state index is 0.0733. The topological polar surface area (TPSA) is 67.4 Å². The number of amides is 2. The maximum Gasteiger partial charge on any atom is 0.314 e. The summed E-state index contributed by atoms with van der Waals surface area (Å²) in [5.74, 6) is -0.766. The zero-order chi connectivity index (χ0) is 17.7. The van der Waals surface area contributed by atoms with Gasteiger partial charge in [-0.05, 0) is 78.7 Å². The maximum absolute atomic E-state index is 12.0. The van der Waals surface area contributed by atoms with E-state index < -0.39 is 11.8 Å². The van der Waals surface area contributed by atoms with Crippen LogP contribution < -0.4 is 15.4 Å². The molecule has 0 radical (unpaired) electrons. The lowest BCUT2D eigenvalue weighted by atomic mass is 10.2. The number of anilines is 2. The van der Waals surface area contributed by atoms with Crippen LogP contribution in [0.2, 0.25) is 0 Å². The lowest BCUT2D eigenvalue weighted by molar-refractivity contribution is -0.133. The van der Waals surface area contributed by atoms with E-state index in [1.807, 2.05) is 32.9 Å². The van der Waals surface area contributed by atoms with Crippen molar-refractivity contribution in [2.45, 2.75) is 26.9 Å². The highest BCUT2D eigenvalue weighted by Gasteiger charge is 2.15. The van der Waals surface area contributed by atoms with Gasteiger partial charge in [0.25, 0.3) is 0 Å². The summed E-state index contributed by atoms with van der Waals surface area (Å²) < 4.78 is 6.25. The summed E-state index contributed by atoms with van der Waals surface area (Å²) in [6.07, 6.45) is 0.0733. The van der Waals surface area contributed by atoms with E-state index in [0.717, 1.165) is 10.0 Å². The number of rotatable bonds is 4. The lowest BCUT2D eigenvalue weighted by Crippen LogP contribution is -2.29. The van der Waals surface area contributed by atoms with Gasteiger partial charge in [0.05, 0.1) is 11.8 Å². The summed E-state index contributed by atoms with van der Waals surface area (Å²) in [5.41, 5.74) is 2.11. The van der Waals surface area contributed by atoms with E-state index in [1.165, 1.54) is 0 Å². The van der Waals surface area contributed by atoms with E-state index in [2.05, 4.69) is 26.6 Å². The fourth-order valence-electron chi connectivity index (χ4n) is 1.98. The van der Waals surface area contributed by atoms with Crippen LogP contribution in [0.15, 0.2) is 46.9 Å². The normalized spacial score (nSPS) is 10.4. The molecule has 0 aromatic heterocycles. The lowest BCUT2D eigenvalue weighted by Gasteiger charge is -2.11. The molecule has 2 N–H and O–H groups in total. The Hall–Kier alpha value is -2.34. The van der Waals surface area contributed by atoms with Gasteiger partial charge in [-0.2, -0.15) is 0 Å². The van der Waals surface area contributed by atoms with Crippen LogP contribution >= 0.6 is 15.9 Å². The predicted molar refractivity (Wildman–Crippen MR) is 98.3 cm³/mol. The Kier molecular flexibility index (Phi) is 5.98. The number of hydrogen-bond acceptors (Lipinski definition) is 3. The van der Waals surface area contributed by atoms with Crippen LogP contribution in [-0.4, -0.2) is 17.9 Å². The fraction of sp³-hybridized carbons (Fsp3) is 0.222. The predicted octanol–water partition coefficient (Wildman–Crippen LogP) is 4.12. The van der Waals surface area contributed by atoms with Gasteiger partial charge in [0.1, 0.15) is 5.75 Å². The average molecular weight is 391 g/mol. The van der Waals surface area contributed by atoms with Crippen LogP contribution in [0.4, 0.5) is 11.4 Å². The Morgan fingerprint density at radius 1 is 1.00 bits per heavy atom. The molecule has 0 bridgehead atoms. The molecule has 5 nitrogen and oxygen atoms in total. The van der Waals surface area contributed by atoms with Crippen molar-refractivity contribution >= 4 is 39.1 Å². The first-order valence-corrected chi connectivity index (χ1v) is 8.29. The van der Waals surface area contributed by atoms with Gasteiger partial charge in [-0.25, -0.2) is 0 Å². The van der Waals surface area contributed by atoms with Crippen molar-refractivity contribution in [1.82, 2.24) is 0 Å². The van der Waals surface area contributed by atoms with Gasteiger partial charge in [0.15, 0.2) is 0 Å². The van der Waals surface area contributed by atoms with Gasteiger partial charge in [-0.3, -0.25) is 9.59 Å². The number of halogens is 1. The molecule has 2 rings (SSSR count). The first-order valence-electron chi connectivity index (χ1n) is 7.50. The van der Waals surface area contributed by atoms with Crippen molar-refractivity contribution in [3.63, 3.8) is 0 Å². The largest absolute Gasteiger partial charge is 0.491 e. The molecule has 6 heteroatoms. The molecule has 0 atom stereocenters. The Morgan fingerprint density at radius 3 is 2.21 bits per heavy atom. The number of carbonyl (C=O) groups is 2. The molecule has 2 aromatic carbocycles. The summed E-state index contributed by atoms with van der Waals surface area (Å²) in [5, 5.41) is 5.12. The van der Waals surface area contributed by atoms with Crippen LogP contribution in [0.25, 0.3) is 0 Å². The van der Waals surface area contributed by atoms with Crippen molar-refractivity contribution in [3.8, 4) is 5.75 Å². The second-order valence-corrected chi connectivity index (χ2v) is 6.44. The number of ether oxygens (including phenoxy) is 1. The monoisotopic (exact) mass is 390 g/mol. The smallest absolute Gasteiger partial charge is 0.314 e. The van der Waals surface area contributed by atoms with Gasteiger partial charge in [0.2, 0.25) is 0 Å². The molecule has 0 fully saturated rings. The fourth-order valence-corrected chi connectivity index (χ4v) is 2.57. The standard InChI is InChI=1S/C18H19BrN2O3/c1-11(2)24-14-7-5-13(6-8-14)20-17(22)18(23)21-16-9-4-12(3)10-15(16)19/h4-11H,1-3H3,(H,20,22)(H,21,23). The van der Waals surface area contributed by atoms with Gasteiger partial charge < -0.3 is 15.4 Å². The summed E-state index contributed by atoms with van der Waals surface area (Å²) in [7, 11) is 0. The number of nitrogens with one attached hydrogen (secondary N) is 2. The Morgan fingerprint density at radius 2 is 1.62 bits per heavy atom. The van der Waals surface area contributed by atoms with Crippen molar-refractivity contribution in [2.24, 2.45) is 0 Å². The highest BCUT2D eigenvalue weighted by atomic mass is 79.9. The molecule has 0 saturated carbocycles.